The first-order valence-corrected chi connectivity index (χ1v) is 14.8. The number of hydrogen-bond acceptors (Lipinski definition) is 8. The molecule has 228 valence electrons. The average molecular weight is 613 g/mol. The molecule has 0 aliphatic carbocycles. The Morgan fingerprint density at radius 3 is 2.29 bits per heavy atom. The zero-order valence-electron chi connectivity index (χ0n) is 22.7. The topological polar surface area (TPSA) is 172 Å². The highest BCUT2D eigenvalue weighted by atomic mass is 32.2. The van der Waals surface area contributed by atoms with Crippen LogP contribution in [0.5, 0.6) is 0 Å². The molecule has 1 aromatic carbocycles. The van der Waals surface area contributed by atoms with Crippen LogP contribution >= 0.6 is 0 Å². The monoisotopic (exact) mass is 612 g/mol. The molecule has 42 heavy (non-hydrogen) atoms. The molecule has 0 unspecified atom stereocenters. The van der Waals surface area contributed by atoms with Gasteiger partial charge in [0.25, 0.3) is 5.91 Å². The number of carbonyl (C=O) groups is 2. The summed E-state index contributed by atoms with van der Waals surface area (Å²) in [7, 11) is -3.19. The van der Waals surface area contributed by atoms with Crippen LogP contribution in [0, 0.1) is 0 Å². The van der Waals surface area contributed by atoms with Crippen LogP contribution in [0.3, 0.4) is 0 Å². The number of rotatable bonds is 6. The predicted molar refractivity (Wildman–Crippen MR) is 148 cm³/mol. The fourth-order valence-electron chi connectivity index (χ4n) is 5.00. The minimum atomic E-state index is -5.08. The van der Waals surface area contributed by atoms with Crippen LogP contribution in [0.25, 0.3) is 22.2 Å². The van der Waals surface area contributed by atoms with E-state index < -0.39 is 28.1 Å². The molecular formula is C26H31F3N6O6S. The number of hydrogen-bond donors (Lipinski definition) is 3. The standard InChI is InChI=1S/C24H30N6O4S.C2HF3O2/c1-2-35(32,33)30-7-5-16(6-8-30)20-15-26-23-18(20)13-17(14-19(23)24(25)31)21-3-4-22(28-27-21)29-9-11-34-12-10-29;3-2(4,5)1(6)7/h3-4,13-16,26H,2,5-12H2,1H3,(H2,25,31);(H,6,7). The molecule has 4 N–H and O–H groups in total. The van der Waals surface area contributed by atoms with Gasteiger partial charge in [-0.05, 0) is 55.5 Å². The number of nitrogens with two attached hydrogens (primary N) is 1. The molecule has 0 saturated carbocycles. The first kappa shape index (κ1) is 31.2. The molecule has 2 aliphatic heterocycles. The fourth-order valence-corrected chi connectivity index (χ4v) is 6.13. The van der Waals surface area contributed by atoms with E-state index in [0.717, 1.165) is 48.3 Å². The summed E-state index contributed by atoms with van der Waals surface area (Å²) < 4.78 is 63.2. The highest BCUT2D eigenvalue weighted by molar-refractivity contribution is 7.89. The number of carbonyl (C=O) groups excluding carboxylic acids is 1. The van der Waals surface area contributed by atoms with Crippen LogP contribution in [0.1, 0.15) is 41.6 Å². The van der Waals surface area contributed by atoms with E-state index >= 15 is 0 Å². The van der Waals surface area contributed by atoms with Gasteiger partial charge in [0.05, 0.1) is 35.7 Å². The molecule has 5 rings (SSSR count). The normalized spacial score (nSPS) is 17.1. The number of morpholine rings is 1. The second-order valence-corrected chi connectivity index (χ2v) is 12.1. The van der Waals surface area contributed by atoms with Crippen molar-refractivity contribution < 1.29 is 41.0 Å². The van der Waals surface area contributed by atoms with E-state index in [0.29, 0.717) is 43.1 Å². The zero-order valence-corrected chi connectivity index (χ0v) is 23.5. The molecule has 2 aromatic heterocycles. The van der Waals surface area contributed by atoms with Crippen molar-refractivity contribution >= 4 is 38.6 Å². The fraction of sp³-hybridized carbons (Fsp3) is 0.462. The molecule has 2 saturated heterocycles. The second-order valence-electron chi connectivity index (χ2n) is 9.81. The number of H-pyrrole nitrogens is 1. The summed E-state index contributed by atoms with van der Waals surface area (Å²) >= 11 is 0. The number of nitrogens with zero attached hydrogens (tertiary/aromatic N) is 4. The number of alkyl halides is 3. The minimum absolute atomic E-state index is 0.113. The predicted octanol–water partition coefficient (Wildman–Crippen LogP) is 2.72. The van der Waals surface area contributed by atoms with Crippen LogP contribution in [0.2, 0.25) is 0 Å². The number of primary amides is 1. The number of aromatic nitrogens is 3. The molecule has 0 bridgehead atoms. The highest BCUT2D eigenvalue weighted by Gasteiger charge is 2.38. The minimum Gasteiger partial charge on any atom is -0.475 e. The van der Waals surface area contributed by atoms with Gasteiger partial charge in [-0.3, -0.25) is 4.79 Å². The van der Waals surface area contributed by atoms with Gasteiger partial charge in [-0.25, -0.2) is 17.5 Å². The lowest BCUT2D eigenvalue weighted by Crippen LogP contribution is -2.38. The number of nitrogens with one attached hydrogen (secondary N) is 1. The number of anilines is 1. The van der Waals surface area contributed by atoms with Gasteiger partial charge in [-0.1, -0.05) is 0 Å². The quantitative estimate of drug-likeness (QED) is 0.379. The van der Waals surface area contributed by atoms with Gasteiger partial charge in [0.15, 0.2) is 5.82 Å². The number of carboxylic acids is 1. The Morgan fingerprint density at radius 2 is 1.76 bits per heavy atom. The molecule has 0 spiro atoms. The number of aromatic amines is 1. The Kier molecular flexibility index (Phi) is 9.37. The van der Waals surface area contributed by atoms with Crippen LogP contribution < -0.4 is 10.6 Å². The Labute approximate surface area is 239 Å². The third kappa shape index (κ3) is 6.99. The summed E-state index contributed by atoms with van der Waals surface area (Å²) in [5.41, 5.74) is 9.30. The van der Waals surface area contributed by atoms with E-state index in [4.69, 9.17) is 20.4 Å². The maximum absolute atomic E-state index is 12.3. The molecule has 0 atom stereocenters. The molecule has 16 heteroatoms. The molecule has 4 heterocycles. The molecule has 12 nitrogen and oxygen atoms in total. The summed E-state index contributed by atoms with van der Waals surface area (Å²) in [4.78, 5) is 26.6. The lowest BCUT2D eigenvalue weighted by Gasteiger charge is -2.31. The highest BCUT2D eigenvalue weighted by Crippen LogP contribution is 2.37. The SMILES string of the molecule is CCS(=O)(=O)N1CCC(c2c[nH]c3c(C(N)=O)cc(-c4ccc(N5CCOCC5)nn4)cc23)CC1.O=C(O)C(F)(F)F. The van der Waals surface area contributed by atoms with Gasteiger partial charge in [0, 0.05) is 43.3 Å². The number of ether oxygens (including phenoxy) is 1. The van der Waals surface area contributed by atoms with E-state index in [1.165, 1.54) is 0 Å². The zero-order chi connectivity index (χ0) is 30.7. The summed E-state index contributed by atoms with van der Waals surface area (Å²) in [5.74, 6) is -2.19. The van der Waals surface area contributed by atoms with E-state index in [1.807, 2.05) is 24.4 Å². The number of fused-ring (bicyclic) bond motifs is 1. The van der Waals surface area contributed by atoms with Crippen LogP contribution in [-0.4, -0.2) is 96.2 Å². The molecular weight excluding hydrogens is 581 g/mol. The third-order valence-corrected chi connectivity index (χ3v) is 9.14. The molecule has 2 fully saturated rings. The Hall–Kier alpha value is -3.76. The largest absolute Gasteiger partial charge is 0.490 e. The maximum atomic E-state index is 12.3. The maximum Gasteiger partial charge on any atom is 0.490 e. The van der Waals surface area contributed by atoms with Crippen molar-refractivity contribution in [1.29, 1.82) is 0 Å². The van der Waals surface area contributed by atoms with Gasteiger partial charge in [0.2, 0.25) is 10.0 Å². The van der Waals surface area contributed by atoms with Crippen molar-refractivity contribution in [2.24, 2.45) is 5.73 Å². The summed E-state index contributed by atoms with van der Waals surface area (Å²) in [6.45, 7) is 5.54. The lowest BCUT2D eigenvalue weighted by molar-refractivity contribution is -0.192. The molecule has 2 aliphatic rings. The van der Waals surface area contributed by atoms with Crippen LogP contribution in [0.4, 0.5) is 19.0 Å². The van der Waals surface area contributed by atoms with Crippen molar-refractivity contribution in [3.05, 3.63) is 41.6 Å². The number of sulfonamides is 1. The first-order chi connectivity index (χ1) is 19.8. The number of aliphatic carboxylic acids is 1. The van der Waals surface area contributed by atoms with Crippen molar-refractivity contribution in [2.45, 2.75) is 31.9 Å². The number of benzene rings is 1. The number of halogens is 3. The Bertz CT molecular complexity index is 1530. The Morgan fingerprint density at radius 1 is 1.12 bits per heavy atom. The average Bonchev–Trinajstić information content (AvgIpc) is 3.41. The van der Waals surface area contributed by atoms with E-state index in [2.05, 4.69) is 20.1 Å². The van der Waals surface area contributed by atoms with Gasteiger partial charge < -0.3 is 25.5 Å². The molecule has 1 amide bonds. The number of amides is 1. The number of piperidine rings is 1. The van der Waals surface area contributed by atoms with Crippen molar-refractivity contribution in [2.75, 3.05) is 50.0 Å². The summed E-state index contributed by atoms with van der Waals surface area (Å²) in [5, 5.41) is 16.9. The van der Waals surface area contributed by atoms with Crippen molar-refractivity contribution in [3.63, 3.8) is 0 Å². The van der Waals surface area contributed by atoms with Gasteiger partial charge >= 0.3 is 12.1 Å². The Balaban J connectivity index is 0.000000517. The van der Waals surface area contributed by atoms with Gasteiger partial charge in [-0.2, -0.15) is 13.2 Å². The summed E-state index contributed by atoms with van der Waals surface area (Å²) in [6, 6.07) is 7.61. The van der Waals surface area contributed by atoms with E-state index in [1.54, 1.807) is 17.3 Å². The van der Waals surface area contributed by atoms with Crippen molar-refractivity contribution in [1.82, 2.24) is 19.5 Å². The lowest BCUT2D eigenvalue weighted by atomic mass is 9.89. The first-order valence-electron chi connectivity index (χ1n) is 13.2. The second kappa shape index (κ2) is 12.6. The summed E-state index contributed by atoms with van der Waals surface area (Å²) in [6.07, 6.45) is -1.73. The van der Waals surface area contributed by atoms with E-state index in [-0.39, 0.29) is 11.7 Å². The molecule has 3 aromatic rings. The number of carboxylic acid groups (broad SMARTS) is 1. The third-order valence-electron chi connectivity index (χ3n) is 7.26. The van der Waals surface area contributed by atoms with Crippen LogP contribution in [-0.2, 0) is 19.6 Å². The van der Waals surface area contributed by atoms with Gasteiger partial charge in [0.1, 0.15) is 0 Å². The smallest absolute Gasteiger partial charge is 0.475 e. The molecule has 0 radical (unpaired) electrons. The van der Waals surface area contributed by atoms with Gasteiger partial charge in [-0.15, -0.1) is 10.2 Å². The van der Waals surface area contributed by atoms with E-state index in [9.17, 15) is 26.4 Å². The van der Waals surface area contributed by atoms with Crippen molar-refractivity contribution in [3.8, 4) is 11.3 Å². The van der Waals surface area contributed by atoms with Crippen LogP contribution in [0.15, 0.2) is 30.5 Å².